The van der Waals surface area contributed by atoms with Gasteiger partial charge in [0.1, 0.15) is 11.5 Å². The van der Waals surface area contributed by atoms with Gasteiger partial charge in [-0.3, -0.25) is 0 Å². The van der Waals surface area contributed by atoms with Crippen molar-refractivity contribution >= 4 is 11.8 Å². The second-order valence-corrected chi connectivity index (χ2v) is 5.24. The van der Waals surface area contributed by atoms with E-state index in [2.05, 4.69) is 0 Å². The minimum absolute atomic E-state index is 0.0596. The Labute approximate surface area is 107 Å². The Morgan fingerprint density at radius 3 is 2.12 bits per heavy atom. The van der Waals surface area contributed by atoms with Crippen molar-refractivity contribution in [2.24, 2.45) is 0 Å². The first-order valence-electron chi connectivity index (χ1n) is 5.42. The number of aliphatic hydroxyl groups excluding tert-OH is 1. The van der Waals surface area contributed by atoms with Crippen molar-refractivity contribution in [3.63, 3.8) is 0 Å². The third-order valence-electron chi connectivity index (χ3n) is 2.80. The van der Waals surface area contributed by atoms with Crippen LogP contribution in [0.2, 0.25) is 0 Å². The third-order valence-corrected chi connectivity index (χ3v) is 3.61. The summed E-state index contributed by atoms with van der Waals surface area (Å²) in [6, 6.07) is 3.77. The van der Waals surface area contributed by atoms with Gasteiger partial charge in [-0.05, 0) is 18.4 Å². The van der Waals surface area contributed by atoms with Crippen molar-refractivity contribution in [3.05, 3.63) is 17.7 Å². The third kappa shape index (κ3) is 2.69. The molecule has 1 aromatic carbocycles. The van der Waals surface area contributed by atoms with Crippen molar-refractivity contribution in [2.45, 2.75) is 24.2 Å². The number of thioether (sulfide) groups is 1. The van der Waals surface area contributed by atoms with Crippen LogP contribution in [0.15, 0.2) is 17.0 Å². The molecule has 0 saturated heterocycles. The predicted molar refractivity (Wildman–Crippen MR) is 71.4 cm³/mol. The number of hydrogen-bond donors (Lipinski definition) is 1. The van der Waals surface area contributed by atoms with Gasteiger partial charge in [0.05, 0.1) is 25.7 Å². The fraction of sp³-hybridized carbons (Fsp3) is 0.538. The first kappa shape index (κ1) is 14.2. The Morgan fingerprint density at radius 2 is 1.71 bits per heavy atom. The second-order valence-electron chi connectivity index (χ2n) is 4.42. The zero-order chi connectivity index (χ0) is 13.1. The first-order chi connectivity index (χ1) is 8.01. The van der Waals surface area contributed by atoms with Gasteiger partial charge in [0.25, 0.3) is 0 Å². The summed E-state index contributed by atoms with van der Waals surface area (Å²) in [5.74, 6) is 1.60. The van der Waals surface area contributed by atoms with Crippen LogP contribution in [-0.4, -0.2) is 32.2 Å². The van der Waals surface area contributed by atoms with E-state index in [0.29, 0.717) is 0 Å². The van der Waals surface area contributed by atoms with Crippen LogP contribution in [0.1, 0.15) is 19.4 Å². The van der Waals surface area contributed by atoms with Gasteiger partial charge in [0, 0.05) is 11.0 Å². The molecule has 0 unspecified atom stereocenters. The first-order valence-corrected chi connectivity index (χ1v) is 6.64. The van der Waals surface area contributed by atoms with Crippen molar-refractivity contribution < 1.29 is 14.6 Å². The molecule has 0 aromatic heterocycles. The summed E-state index contributed by atoms with van der Waals surface area (Å²) in [5, 5.41) is 9.55. The van der Waals surface area contributed by atoms with Gasteiger partial charge in [-0.15, -0.1) is 11.8 Å². The number of hydrogen-bond acceptors (Lipinski definition) is 4. The highest BCUT2D eigenvalue weighted by Crippen LogP contribution is 2.43. The van der Waals surface area contributed by atoms with E-state index in [1.54, 1.807) is 26.0 Å². The molecule has 1 N–H and O–H groups in total. The molecule has 0 saturated carbocycles. The highest BCUT2D eigenvalue weighted by Gasteiger charge is 2.28. The van der Waals surface area contributed by atoms with E-state index in [4.69, 9.17) is 9.47 Å². The molecule has 0 atom stereocenters. The molecule has 0 bridgehead atoms. The van der Waals surface area contributed by atoms with Crippen molar-refractivity contribution in [3.8, 4) is 11.5 Å². The quantitative estimate of drug-likeness (QED) is 0.822. The Morgan fingerprint density at radius 1 is 1.18 bits per heavy atom. The lowest BCUT2D eigenvalue weighted by Crippen LogP contribution is -2.24. The van der Waals surface area contributed by atoms with Gasteiger partial charge in [0.15, 0.2) is 0 Å². The van der Waals surface area contributed by atoms with Crippen molar-refractivity contribution in [1.29, 1.82) is 0 Å². The molecular formula is C13H20O3S. The van der Waals surface area contributed by atoms with Crippen LogP contribution in [0.5, 0.6) is 11.5 Å². The van der Waals surface area contributed by atoms with E-state index in [9.17, 15) is 5.11 Å². The minimum Gasteiger partial charge on any atom is -0.496 e. The molecule has 0 aliphatic rings. The molecule has 0 aliphatic carbocycles. The summed E-state index contributed by atoms with van der Waals surface area (Å²) < 4.78 is 10.8. The average molecular weight is 256 g/mol. The minimum atomic E-state index is -0.363. The summed E-state index contributed by atoms with van der Waals surface area (Å²) in [5.41, 5.74) is 0.632. The zero-order valence-corrected chi connectivity index (χ0v) is 11.9. The van der Waals surface area contributed by atoms with Gasteiger partial charge in [-0.1, -0.05) is 13.8 Å². The SMILES string of the molecule is COc1ccc(OC)c(C(C)(C)CO)c1SC. The lowest BCUT2D eigenvalue weighted by molar-refractivity contribution is 0.212. The monoisotopic (exact) mass is 256 g/mol. The molecule has 17 heavy (non-hydrogen) atoms. The maximum Gasteiger partial charge on any atom is 0.132 e. The van der Waals surface area contributed by atoms with Crippen molar-refractivity contribution in [1.82, 2.24) is 0 Å². The fourth-order valence-electron chi connectivity index (χ4n) is 1.80. The van der Waals surface area contributed by atoms with Crippen LogP contribution in [0, 0.1) is 0 Å². The van der Waals surface area contributed by atoms with E-state index in [1.807, 2.05) is 32.2 Å². The summed E-state index contributed by atoms with van der Waals surface area (Å²) in [7, 11) is 3.29. The van der Waals surface area contributed by atoms with Crippen molar-refractivity contribution in [2.75, 3.05) is 27.1 Å². The van der Waals surface area contributed by atoms with Gasteiger partial charge in [-0.2, -0.15) is 0 Å². The molecule has 4 heteroatoms. The highest BCUT2D eigenvalue weighted by atomic mass is 32.2. The molecular weight excluding hydrogens is 236 g/mol. The lowest BCUT2D eigenvalue weighted by atomic mass is 9.84. The molecule has 3 nitrogen and oxygen atoms in total. The summed E-state index contributed by atoms with van der Waals surface area (Å²) in [4.78, 5) is 1.02. The highest BCUT2D eigenvalue weighted by molar-refractivity contribution is 7.98. The molecule has 0 fully saturated rings. The van der Waals surface area contributed by atoms with Crippen LogP contribution in [0.3, 0.4) is 0 Å². The number of ether oxygens (including phenoxy) is 2. The van der Waals surface area contributed by atoms with E-state index in [1.165, 1.54) is 0 Å². The molecule has 0 heterocycles. The lowest BCUT2D eigenvalue weighted by Gasteiger charge is -2.28. The molecule has 1 rings (SSSR count). The Bertz CT molecular complexity index is 388. The van der Waals surface area contributed by atoms with Crippen LogP contribution in [-0.2, 0) is 5.41 Å². The largest absolute Gasteiger partial charge is 0.496 e. The molecule has 0 aliphatic heterocycles. The van der Waals surface area contributed by atoms with Gasteiger partial charge >= 0.3 is 0 Å². The van der Waals surface area contributed by atoms with Gasteiger partial charge in [0.2, 0.25) is 0 Å². The van der Waals surface area contributed by atoms with E-state index in [-0.39, 0.29) is 12.0 Å². The smallest absolute Gasteiger partial charge is 0.132 e. The molecule has 1 aromatic rings. The summed E-state index contributed by atoms with van der Waals surface area (Å²) in [6.07, 6.45) is 1.99. The summed E-state index contributed by atoms with van der Waals surface area (Å²) >= 11 is 1.60. The van der Waals surface area contributed by atoms with E-state index >= 15 is 0 Å². The number of rotatable bonds is 5. The Kier molecular flexibility index (Phi) is 4.71. The Balaban J connectivity index is 3.51. The number of aliphatic hydroxyl groups is 1. The summed E-state index contributed by atoms with van der Waals surface area (Å²) in [6.45, 7) is 4.04. The molecule has 0 spiro atoms. The van der Waals surface area contributed by atoms with E-state index < -0.39 is 0 Å². The number of methoxy groups -OCH3 is 2. The zero-order valence-electron chi connectivity index (χ0n) is 11.0. The molecule has 0 radical (unpaired) electrons. The van der Waals surface area contributed by atoms with Crippen LogP contribution < -0.4 is 9.47 Å². The molecule has 0 amide bonds. The normalized spacial score (nSPS) is 11.4. The maximum atomic E-state index is 9.55. The van der Waals surface area contributed by atoms with E-state index in [0.717, 1.165) is 22.0 Å². The van der Waals surface area contributed by atoms with Gasteiger partial charge in [-0.25, -0.2) is 0 Å². The number of benzene rings is 1. The predicted octanol–water partition coefficient (Wildman–Crippen LogP) is 2.70. The topological polar surface area (TPSA) is 38.7 Å². The standard InChI is InChI=1S/C13H20O3S/c1-13(2,8-14)11-9(15-3)6-7-10(16-4)12(11)17-5/h6-7,14H,8H2,1-5H3. The molecule has 96 valence electrons. The van der Waals surface area contributed by atoms with Crippen LogP contribution in [0.25, 0.3) is 0 Å². The van der Waals surface area contributed by atoms with Gasteiger partial charge < -0.3 is 14.6 Å². The fourth-order valence-corrected chi connectivity index (χ4v) is 2.73. The maximum absolute atomic E-state index is 9.55. The Hall–Kier alpha value is -0.870. The van der Waals surface area contributed by atoms with Crippen LogP contribution in [0.4, 0.5) is 0 Å². The van der Waals surface area contributed by atoms with Crippen LogP contribution >= 0.6 is 11.8 Å². The average Bonchev–Trinajstić information content (AvgIpc) is 2.36. The second kappa shape index (κ2) is 5.65.